The summed E-state index contributed by atoms with van der Waals surface area (Å²) >= 11 is 6.21. The maximum absolute atomic E-state index is 7.70. The lowest BCUT2D eigenvalue weighted by molar-refractivity contribution is 0.321. The van der Waals surface area contributed by atoms with E-state index in [4.69, 9.17) is 21.7 Å². The van der Waals surface area contributed by atoms with Crippen LogP contribution in [0.15, 0.2) is 24.3 Å². The largest absolute Gasteiger partial charge is 0.477 e. The third-order valence-electron chi connectivity index (χ3n) is 3.41. The van der Waals surface area contributed by atoms with Gasteiger partial charge in [-0.05, 0) is 18.6 Å². The van der Waals surface area contributed by atoms with Gasteiger partial charge in [0.05, 0.1) is 12.2 Å². The number of hydrogen-bond donors (Lipinski definition) is 2. The average molecular weight is 347 g/mol. The summed E-state index contributed by atoms with van der Waals surface area (Å²) in [7, 11) is 0. The molecule has 1 aromatic carbocycles. The number of nitrogens with zero attached hydrogens (tertiary/aromatic N) is 2. The van der Waals surface area contributed by atoms with Crippen LogP contribution in [0.1, 0.15) is 44.6 Å². The van der Waals surface area contributed by atoms with Gasteiger partial charge in [-0.1, -0.05) is 50.6 Å². The van der Waals surface area contributed by atoms with E-state index in [1.54, 1.807) is 0 Å². The third kappa shape index (κ3) is 4.23. The fourth-order valence-corrected chi connectivity index (χ4v) is 2.32. The number of aromatic nitrogens is 2. The highest BCUT2D eigenvalue weighted by Gasteiger charge is 2.22. The predicted molar refractivity (Wildman–Crippen MR) is 98.6 cm³/mol. The van der Waals surface area contributed by atoms with Crippen molar-refractivity contribution >= 4 is 23.6 Å². The summed E-state index contributed by atoms with van der Waals surface area (Å²) in [4.78, 5) is 9.09. The van der Waals surface area contributed by atoms with E-state index in [1.165, 1.54) is 6.21 Å². The molecule has 0 amide bonds. The van der Waals surface area contributed by atoms with Crippen molar-refractivity contribution in [2.45, 2.75) is 39.7 Å². The molecule has 0 spiro atoms. The molecule has 0 saturated carbocycles. The Morgan fingerprint density at radius 2 is 1.96 bits per heavy atom. The molecule has 0 aliphatic carbocycles. The third-order valence-corrected chi connectivity index (χ3v) is 3.78. The van der Waals surface area contributed by atoms with Crippen LogP contribution in [0.3, 0.4) is 0 Å². The molecule has 2 aromatic rings. The van der Waals surface area contributed by atoms with Gasteiger partial charge in [0.1, 0.15) is 11.6 Å². The average Bonchev–Trinajstić information content (AvgIpc) is 2.53. The van der Waals surface area contributed by atoms with Crippen LogP contribution in [0.5, 0.6) is 5.88 Å². The molecule has 0 saturated heterocycles. The standard InChI is InChI=1S/C18H23ClN4O/c1-5-24-16-13(10-20)15(22-17(23-16)18(2,3)4)21-11-12-8-6-7-9-14(12)19/h6-10,20H,5,11H2,1-4H3,(H,21,22,23). The number of halogens is 1. The molecule has 0 aliphatic rings. The molecular weight excluding hydrogens is 324 g/mol. The zero-order valence-electron chi connectivity index (χ0n) is 14.5. The van der Waals surface area contributed by atoms with Gasteiger partial charge >= 0.3 is 0 Å². The predicted octanol–water partition coefficient (Wildman–Crippen LogP) is 4.44. The highest BCUT2D eigenvalue weighted by molar-refractivity contribution is 6.31. The van der Waals surface area contributed by atoms with Crippen molar-refractivity contribution in [3.8, 4) is 5.88 Å². The van der Waals surface area contributed by atoms with E-state index in [-0.39, 0.29) is 5.41 Å². The Kier molecular flexibility index (Phi) is 5.78. The Balaban J connectivity index is 2.41. The molecule has 0 aliphatic heterocycles. The van der Waals surface area contributed by atoms with E-state index >= 15 is 0 Å². The normalized spacial score (nSPS) is 11.2. The molecule has 1 aromatic heterocycles. The van der Waals surface area contributed by atoms with Gasteiger partial charge in [-0.25, -0.2) is 4.98 Å². The van der Waals surface area contributed by atoms with Gasteiger partial charge in [-0.2, -0.15) is 4.98 Å². The van der Waals surface area contributed by atoms with E-state index < -0.39 is 0 Å². The lowest BCUT2D eigenvalue weighted by atomic mass is 9.95. The molecule has 0 atom stereocenters. The molecule has 6 heteroatoms. The Morgan fingerprint density at radius 1 is 1.25 bits per heavy atom. The SMILES string of the molecule is CCOc1nc(C(C)(C)C)nc(NCc2ccccc2Cl)c1C=N. The van der Waals surface area contributed by atoms with Gasteiger partial charge in [0.25, 0.3) is 0 Å². The van der Waals surface area contributed by atoms with Gasteiger partial charge in [0.2, 0.25) is 5.88 Å². The quantitative estimate of drug-likeness (QED) is 0.759. The first-order valence-corrected chi connectivity index (χ1v) is 8.27. The minimum absolute atomic E-state index is 0.229. The molecule has 0 bridgehead atoms. The molecule has 5 nitrogen and oxygen atoms in total. The molecule has 128 valence electrons. The molecule has 24 heavy (non-hydrogen) atoms. The molecular formula is C18H23ClN4O. The van der Waals surface area contributed by atoms with Gasteiger partial charge in [-0.3, -0.25) is 0 Å². The van der Waals surface area contributed by atoms with Gasteiger partial charge in [-0.15, -0.1) is 0 Å². The molecule has 0 unspecified atom stereocenters. The zero-order chi connectivity index (χ0) is 17.7. The molecule has 2 rings (SSSR count). The van der Waals surface area contributed by atoms with Crippen LogP contribution in [-0.4, -0.2) is 22.8 Å². The highest BCUT2D eigenvalue weighted by Crippen LogP contribution is 2.28. The smallest absolute Gasteiger partial charge is 0.227 e. The summed E-state index contributed by atoms with van der Waals surface area (Å²) in [5.74, 6) is 1.67. The fourth-order valence-electron chi connectivity index (χ4n) is 2.12. The number of anilines is 1. The summed E-state index contributed by atoms with van der Waals surface area (Å²) < 4.78 is 5.61. The van der Waals surface area contributed by atoms with E-state index in [0.29, 0.717) is 41.3 Å². The Morgan fingerprint density at radius 3 is 2.54 bits per heavy atom. The number of rotatable bonds is 6. The molecule has 2 N–H and O–H groups in total. The van der Waals surface area contributed by atoms with Crippen LogP contribution in [-0.2, 0) is 12.0 Å². The fraction of sp³-hybridized carbons (Fsp3) is 0.389. The van der Waals surface area contributed by atoms with Gasteiger partial charge in [0, 0.05) is 23.2 Å². The topological polar surface area (TPSA) is 70.9 Å². The maximum atomic E-state index is 7.70. The van der Waals surface area contributed by atoms with Crippen LogP contribution >= 0.6 is 11.6 Å². The van der Waals surface area contributed by atoms with Crippen LogP contribution in [0.25, 0.3) is 0 Å². The van der Waals surface area contributed by atoms with E-state index in [0.717, 1.165) is 5.56 Å². The minimum Gasteiger partial charge on any atom is -0.477 e. The Bertz CT molecular complexity index is 725. The molecule has 0 radical (unpaired) electrons. The first-order chi connectivity index (χ1) is 11.4. The van der Waals surface area contributed by atoms with Crippen molar-refractivity contribution in [2.24, 2.45) is 0 Å². The first-order valence-electron chi connectivity index (χ1n) is 7.90. The van der Waals surface area contributed by atoms with E-state index in [1.807, 2.05) is 52.0 Å². The van der Waals surface area contributed by atoms with Crippen LogP contribution in [0.2, 0.25) is 5.02 Å². The summed E-state index contributed by atoms with van der Waals surface area (Å²) in [6, 6.07) is 7.63. The van der Waals surface area contributed by atoms with Crippen molar-refractivity contribution in [1.82, 2.24) is 9.97 Å². The van der Waals surface area contributed by atoms with Crippen molar-refractivity contribution < 1.29 is 4.74 Å². The van der Waals surface area contributed by atoms with Gasteiger partial charge in [0.15, 0.2) is 0 Å². The summed E-state index contributed by atoms with van der Waals surface area (Å²) in [5, 5.41) is 11.7. The molecule has 1 heterocycles. The zero-order valence-corrected chi connectivity index (χ0v) is 15.2. The summed E-state index contributed by atoms with van der Waals surface area (Å²) in [6.45, 7) is 9.00. The summed E-state index contributed by atoms with van der Waals surface area (Å²) in [5.41, 5.74) is 1.27. The van der Waals surface area contributed by atoms with Crippen molar-refractivity contribution in [2.75, 3.05) is 11.9 Å². The van der Waals surface area contributed by atoms with Crippen molar-refractivity contribution in [1.29, 1.82) is 5.41 Å². The second-order valence-corrected chi connectivity index (χ2v) is 6.79. The minimum atomic E-state index is -0.229. The second-order valence-electron chi connectivity index (χ2n) is 6.39. The molecule has 0 fully saturated rings. The van der Waals surface area contributed by atoms with Crippen molar-refractivity contribution in [3.05, 3.63) is 46.2 Å². The monoisotopic (exact) mass is 346 g/mol. The van der Waals surface area contributed by atoms with E-state index in [2.05, 4.69) is 15.3 Å². The highest BCUT2D eigenvalue weighted by atomic mass is 35.5. The van der Waals surface area contributed by atoms with Crippen LogP contribution in [0.4, 0.5) is 5.82 Å². The van der Waals surface area contributed by atoms with Gasteiger partial charge < -0.3 is 15.5 Å². The Labute approximate surface area is 147 Å². The Hall–Kier alpha value is -2.14. The van der Waals surface area contributed by atoms with Crippen LogP contribution < -0.4 is 10.1 Å². The first kappa shape index (κ1) is 18.2. The maximum Gasteiger partial charge on any atom is 0.227 e. The second kappa shape index (κ2) is 7.62. The number of hydrogen-bond acceptors (Lipinski definition) is 5. The lowest BCUT2D eigenvalue weighted by Gasteiger charge is -2.20. The van der Waals surface area contributed by atoms with Crippen LogP contribution in [0, 0.1) is 5.41 Å². The summed E-state index contributed by atoms with van der Waals surface area (Å²) in [6.07, 6.45) is 1.21. The number of benzene rings is 1. The van der Waals surface area contributed by atoms with E-state index in [9.17, 15) is 0 Å². The number of ether oxygens (including phenoxy) is 1. The number of nitrogens with one attached hydrogen (secondary N) is 2. The van der Waals surface area contributed by atoms with Crippen molar-refractivity contribution in [3.63, 3.8) is 0 Å². The lowest BCUT2D eigenvalue weighted by Crippen LogP contribution is -2.19.